The number of hydrogen-bond acceptors (Lipinski definition) is 2. The fourth-order valence-electron chi connectivity index (χ4n) is 7.01. The molecule has 0 unspecified atom stereocenters. The van der Waals surface area contributed by atoms with Crippen molar-refractivity contribution < 1.29 is 0 Å². The first kappa shape index (κ1) is 33.9. The topological polar surface area (TPSA) is 25.8 Å². The van der Waals surface area contributed by atoms with E-state index in [2.05, 4.69) is 193 Å². The zero-order chi connectivity index (χ0) is 35.6. The molecular weight excluding hydrogens is 615 g/mol. The zero-order valence-corrected chi connectivity index (χ0v) is 30.6. The lowest BCUT2D eigenvalue weighted by atomic mass is 9.35. The Labute approximate surface area is 304 Å². The molecule has 2 aromatic heterocycles. The number of aromatic nitrogens is 2. The van der Waals surface area contributed by atoms with Crippen LogP contribution in [0.5, 0.6) is 0 Å². The highest BCUT2D eigenvalue weighted by molar-refractivity contribution is 6.97. The SMILES string of the molecule is CC(C)(C)c1ccnc(-c2cccc(B(c3cccc(-c4cc(C(C)(C)C)ccn4)c3)c3c(-c4ccccc4)cccc3-c3ccccc3)c2)c1. The van der Waals surface area contributed by atoms with Crippen molar-refractivity contribution >= 4 is 23.1 Å². The molecule has 0 bridgehead atoms. The van der Waals surface area contributed by atoms with E-state index in [1.807, 2.05) is 12.4 Å². The van der Waals surface area contributed by atoms with Gasteiger partial charge in [0.05, 0.1) is 11.4 Å². The third-order valence-electron chi connectivity index (χ3n) is 9.85. The standard InChI is InChI=1S/C48H45BN2/c1-47(2,3)38-26-28-50-44(32-38)36-20-13-22-40(30-36)49(41-23-14-21-37(31-41)45-33-39(27-29-51-45)48(4,5)6)46-42(34-16-9-7-10-17-34)24-15-25-43(46)35-18-11-8-12-19-35/h7-33H,1-6H3. The summed E-state index contributed by atoms with van der Waals surface area (Å²) in [5, 5.41) is 0. The van der Waals surface area contributed by atoms with Gasteiger partial charge in [0.15, 0.2) is 0 Å². The van der Waals surface area contributed by atoms with Crippen LogP contribution in [0, 0.1) is 0 Å². The molecule has 51 heavy (non-hydrogen) atoms. The molecule has 2 nitrogen and oxygen atoms in total. The van der Waals surface area contributed by atoms with E-state index in [-0.39, 0.29) is 17.5 Å². The lowest BCUT2D eigenvalue weighted by Gasteiger charge is -2.24. The maximum atomic E-state index is 4.87. The van der Waals surface area contributed by atoms with Gasteiger partial charge in [-0.25, -0.2) is 0 Å². The van der Waals surface area contributed by atoms with Crippen molar-refractivity contribution in [1.82, 2.24) is 9.97 Å². The first-order valence-corrected chi connectivity index (χ1v) is 17.9. The van der Waals surface area contributed by atoms with Gasteiger partial charge in [0, 0.05) is 12.4 Å². The van der Waals surface area contributed by atoms with Crippen LogP contribution >= 0.6 is 0 Å². The lowest BCUT2D eigenvalue weighted by molar-refractivity contribution is 0.589. The van der Waals surface area contributed by atoms with Crippen LogP contribution in [-0.2, 0) is 10.8 Å². The van der Waals surface area contributed by atoms with Crippen molar-refractivity contribution in [3.05, 3.63) is 175 Å². The van der Waals surface area contributed by atoms with Crippen LogP contribution in [-0.4, -0.2) is 16.7 Å². The molecule has 250 valence electrons. The Hall–Kier alpha value is -5.54. The Bertz CT molecular complexity index is 2120. The summed E-state index contributed by atoms with van der Waals surface area (Å²) < 4.78 is 0. The summed E-state index contributed by atoms with van der Waals surface area (Å²) in [5.74, 6) is 0. The van der Waals surface area contributed by atoms with Crippen LogP contribution in [0.15, 0.2) is 164 Å². The summed E-state index contributed by atoms with van der Waals surface area (Å²) in [4.78, 5) is 9.75. The van der Waals surface area contributed by atoms with Crippen molar-refractivity contribution in [3.63, 3.8) is 0 Å². The van der Waals surface area contributed by atoms with Crippen molar-refractivity contribution in [1.29, 1.82) is 0 Å². The molecule has 0 atom stereocenters. The maximum absolute atomic E-state index is 4.87. The van der Waals surface area contributed by atoms with E-state index >= 15 is 0 Å². The molecule has 5 aromatic carbocycles. The summed E-state index contributed by atoms with van der Waals surface area (Å²) in [6.07, 6.45) is 3.89. The van der Waals surface area contributed by atoms with E-state index in [9.17, 15) is 0 Å². The molecule has 0 saturated heterocycles. The minimum absolute atomic E-state index is 0.0236. The minimum Gasteiger partial charge on any atom is -0.256 e. The van der Waals surface area contributed by atoms with Gasteiger partial charge >= 0.3 is 0 Å². The van der Waals surface area contributed by atoms with Crippen molar-refractivity contribution in [2.45, 2.75) is 52.4 Å². The molecule has 0 saturated carbocycles. The van der Waals surface area contributed by atoms with Crippen LogP contribution in [0.25, 0.3) is 44.8 Å². The van der Waals surface area contributed by atoms with Gasteiger partial charge in [-0.2, -0.15) is 0 Å². The summed E-state index contributed by atoms with van der Waals surface area (Å²) >= 11 is 0. The van der Waals surface area contributed by atoms with E-state index in [4.69, 9.17) is 9.97 Å². The molecule has 0 spiro atoms. The predicted octanol–water partition coefficient (Wildman–Crippen LogP) is 10.3. The van der Waals surface area contributed by atoms with Crippen LogP contribution in [0.3, 0.4) is 0 Å². The van der Waals surface area contributed by atoms with E-state index in [0.717, 1.165) is 22.5 Å². The summed E-state index contributed by atoms with van der Waals surface area (Å²) in [5.41, 5.74) is 15.3. The molecule has 0 N–H and O–H groups in total. The maximum Gasteiger partial charge on any atom is 0.242 e. The number of pyridine rings is 2. The molecule has 0 aliphatic rings. The fraction of sp³-hybridized carbons (Fsp3) is 0.167. The highest BCUT2D eigenvalue weighted by atomic mass is 14.7. The highest BCUT2D eigenvalue weighted by Gasteiger charge is 2.29. The van der Waals surface area contributed by atoms with Crippen molar-refractivity contribution in [3.8, 4) is 44.8 Å². The molecule has 2 heterocycles. The third-order valence-corrected chi connectivity index (χ3v) is 9.85. The van der Waals surface area contributed by atoms with Crippen molar-refractivity contribution in [2.75, 3.05) is 0 Å². The monoisotopic (exact) mass is 660 g/mol. The normalized spacial score (nSPS) is 11.7. The van der Waals surface area contributed by atoms with Gasteiger partial charge in [-0.3, -0.25) is 9.97 Å². The first-order valence-electron chi connectivity index (χ1n) is 17.9. The average molecular weight is 661 g/mol. The Morgan fingerprint density at radius 3 is 1.20 bits per heavy atom. The van der Waals surface area contributed by atoms with Gasteiger partial charge < -0.3 is 0 Å². The molecule has 0 radical (unpaired) electrons. The van der Waals surface area contributed by atoms with E-state index in [0.29, 0.717) is 0 Å². The molecule has 0 aliphatic carbocycles. The van der Waals surface area contributed by atoms with Gasteiger partial charge in [0.1, 0.15) is 0 Å². The lowest BCUT2D eigenvalue weighted by Crippen LogP contribution is -2.53. The van der Waals surface area contributed by atoms with Gasteiger partial charge in [0.25, 0.3) is 0 Å². The number of benzene rings is 5. The summed E-state index contributed by atoms with van der Waals surface area (Å²) in [6.45, 7) is 13.4. The Morgan fingerprint density at radius 1 is 0.392 bits per heavy atom. The Balaban J connectivity index is 1.50. The summed E-state index contributed by atoms with van der Waals surface area (Å²) in [6, 6.07) is 55.1. The molecule has 0 aliphatic heterocycles. The van der Waals surface area contributed by atoms with Crippen molar-refractivity contribution in [2.24, 2.45) is 0 Å². The highest BCUT2D eigenvalue weighted by Crippen LogP contribution is 2.29. The van der Waals surface area contributed by atoms with Crippen LogP contribution in [0.2, 0.25) is 0 Å². The second kappa shape index (κ2) is 14.0. The molecule has 7 rings (SSSR count). The number of nitrogens with zero attached hydrogens (tertiary/aromatic N) is 2. The van der Waals surface area contributed by atoms with E-state index in [1.165, 1.54) is 49.8 Å². The van der Waals surface area contributed by atoms with E-state index in [1.54, 1.807) is 0 Å². The van der Waals surface area contributed by atoms with Crippen LogP contribution < -0.4 is 16.4 Å². The smallest absolute Gasteiger partial charge is 0.242 e. The largest absolute Gasteiger partial charge is 0.256 e. The van der Waals surface area contributed by atoms with E-state index < -0.39 is 0 Å². The first-order chi connectivity index (χ1) is 24.6. The Kier molecular flexibility index (Phi) is 9.32. The molecule has 0 fully saturated rings. The molecule has 3 heteroatoms. The quantitative estimate of drug-likeness (QED) is 0.159. The van der Waals surface area contributed by atoms with Gasteiger partial charge in [-0.1, -0.05) is 185 Å². The third kappa shape index (κ3) is 7.35. The second-order valence-corrected chi connectivity index (χ2v) is 15.5. The second-order valence-electron chi connectivity index (χ2n) is 15.5. The van der Waals surface area contributed by atoms with Crippen LogP contribution in [0.4, 0.5) is 0 Å². The van der Waals surface area contributed by atoms with Gasteiger partial charge in [-0.15, -0.1) is 0 Å². The minimum atomic E-state index is -0.0897. The van der Waals surface area contributed by atoms with Gasteiger partial charge in [0.2, 0.25) is 6.71 Å². The average Bonchev–Trinajstić information content (AvgIpc) is 3.15. The van der Waals surface area contributed by atoms with Gasteiger partial charge in [-0.05, 0) is 79.6 Å². The Morgan fingerprint density at radius 2 is 0.784 bits per heavy atom. The van der Waals surface area contributed by atoms with Crippen LogP contribution in [0.1, 0.15) is 52.7 Å². The zero-order valence-electron chi connectivity index (χ0n) is 30.6. The molecule has 7 aromatic rings. The predicted molar refractivity (Wildman–Crippen MR) is 219 cm³/mol. The number of hydrogen-bond donors (Lipinski definition) is 0. The molecular formula is C48H45BN2. The summed E-state index contributed by atoms with van der Waals surface area (Å²) in [7, 11) is 0. The molecule has 0 amide bonds. The number of rotatable bonds is 7. The fourth-order valence-corrected chi connectivity index (χ4v) is 7.01.